The molecular formula is C16H22IN3OS. The number of benzene rings is 1. The molecule has 0 amide bonds. The number of nitrogens with zero attached hydrogens (tertiary/aromatic N) is 1. The van der Waals surface area contributed by atoms with E-state index >= 15 is 0 Å². The summed E-state index contributed by atoms with van der Waals surface area (Å²) in [6, 6.07) is 12.1. The topological polar surface area (TPSA) is 45.7 Å². The summed E-state index contributed by atoms with van der Waals surface area (Å²) in [5.41, 5.74) is 1.13. The van der Waals surface area contributed by atoms with Gasteiger partial charge >= 0.3 is 0 Å². The number of hydrogen-bond acceptors (Lipinski definition) is 3. The van der Waals surface area contributed by atoms with Crippen LogP contribution in [0.4, 0.5) is 0 Å². The van der Waals surface area contributed by atoms with Gasteiger partial charge in [-0.3, -0.25) is 0 Å². The molecule has 22 heavy (non-hydrogen) atoms. The summed E-state index contributed by atoms with van der Waals surface area (Å²) in [7, 11) is 1.68. The zero-order valence-electron chi connectivity index (χ0n) is 12.8. The minimum absolute atomic E-state index is 0. The van der Waals surface area contributed by atoms with Gasteiger partial charge in [-0.25, -0.2) is 4.99 Å². The number of rotatable bonds is 6. The fraction of sp³-hybridized carbons (Fsp3) is 0.312. The second-order valence-corrected chi connectivity index (χ2v) is 5.51. The third-order valence-corrected chi connectivity index (χ3v) is 3.78. The maximum Gasteiger partial charge on any atom is 0.191 e. The molecular weight excluding hydrogens is 409 g/mol. The number of hydrogen-bond donors (Lipinski definition) is 2. The minimum atomic E-state index is 0. The average Bonchev–Trinajstić information content (AvgIpc) is 3.03. The highest BCUT2D eigenvalue weighted by atomic mass is 127. The van der Waals surface area contributed by atoms with Crippen LogP contribution in [0.25, 0.3) is 0 Å². The van der Waals surface area contributed by atoms with Crippen molar-refractivity contribution in [3.8, 4) is 5.75 Å². The summed E-state index contributed by atoms with van der Waals surface area (Å²) in [6.45, 7) is 4.32. The molecule has 0 aliphatic carbocycles. The van der Waals surface area contributed by atoms with E-state index in [1.54, 1.807) is 18.4 Å². The van der Waals surface area contributed by atoms with Gasteiger partial charge < -0.3 is 15.4 Å². The van der Waals surface area contributed by atoms with Crippen molar-refractivity contribution >= 4 is 41.3 Å². The molecule has 0 saturated carbocycles. The van der Waals surface area contributed by atoms with Crippen molar-refractivity contribution in [1.82, 2.24) is 10.6 Å². The summed E-state index contributed by atoms with van der Waals surface area (Å²) in [4.78, 5) is 5.90. The fourth-order valence-electron chi connectivity index (χ4n) is 1.87. The molecule has 2 aromatic rings. The summed E-state index contributed by atoms with van der Waals surface area (Å²) in [5.74, 6) is 1.69. The number of nitrogens with one attached hydrogen (secondary N) is 2. The first-order chi connectivity index (χ1) is 10.3. The first-order valence-corrected chi connectivity index (χ1v) is 7.87. The van der Waals surface area contributed by atoms with Crippen molar-refractivity contribution in [2.75, 3.05) is 13.7 Å². The molecule has 0 spiro atoms. The van der Waals surface area contributed by atoms with E-state index in [-0.39, 0.29) is 24.0 Å². The van der Waals surface area contributed by atoms with Crippen LogP contribution in [-0.4, -0.2) is 19.6 Å². The largest absolute Gasteiger partial charge is 0.497 e. The summed E-state index contributed by atoms with van der Waals surface area (Å²) < 4.78 is 5.23. The number of guanidine groups is 1. The Morgan fingerprint density at radius 2 is 2.09 bits per heavy atom. The van der Waals surface area contributed by atoms with Crippen LogP contribution in [0, 0.1) is 0 Å². The van der Waals surface area contributed by atoms with Gasteiger partial charge in [0.25, 0.3) is 0 Å². The molecule has 0 aliphatic rings. The molecule has 0 bridgehead atoms. The Morgan fingerprint density at radius 3 is 2.77 bits per heavy atom. The number of aliphatic imine (C=N–C) groups is 1. The van der Waals surface area contributed by atoms with Crippen molar-refractivity contribution in [2.45, 2.75) is 20.0 Å². The van der Waals surface area contributed by atoms with E-state index in [1.165, 1.54) is 4.88 Å². The number of ether oxygens (including phenoxy) is 1. The first kappa shape index (κ1) is 18.8. The minimum Gasteiger partial charge on any atom is -0.497 e. The van der Waals surface area contributed by atoms with E-state index in [2.05, 4.69) is 46.1 Å². The zero-order valence-corrected chi connectivity index (χ0v) is 16.0. The van der Waals surface area contributed by atoms with E-state index in [4.69, 9.17) is 4.74 Å². The molecule has 1 aromatic carbocycles. The molecule has 1 aromatic heterocycles. The molecule has 6 heteroatoms. The van der Waals surface area contributed by atoms with Crippen LogP contribution in [0.3, 0.4) is 0 Å². The highest BCUT2D eigenvalue weighted by Crippen LogP contribution is 2.13. The van der Waals surface area contributed by atoms with Gasteiger partial charge in [0.1, 0.15) is 5.75 Å². The van der Waals surface area contributed by atoms with Gasteiger partial charge in [-0.1, -0.05) is 18.2 Å². The smallest absolute Gasteiger partial charge is 0.191 e. The number of methoxy groups -OCH3 is 1. The van der Waals surface area contributed by atoms with Crippen molar-refractivity contribution in [3.05, 3.63) is 52.2 Å². The molecule has 2 N–H and O–H groups in total. The normalized spacial score (nSPS) is 10.7. The Balaban J connectivity index is 0.00000242. The van der Waals surface area contributed by atoms with Gasteiger partial charge in [-0.2, -0.15) is 0 Å². The average molecular weight is 431 g/mol. The van der Waals surface area contributed by atoms with Crippen molar-refractivity contribution in [1.29, 1.82) is 0 Å². The lowest BCUT2D eigenvalue weighted by molar-refractivity contribution is 0.414. The van der Waals surface area contributed by atoms with E-state index in [0.29, 0.717) is 6.54 Å². The lowest BCUT2D eigenvalue weighted by atomic mass is 10.2. The second kappa shape index (κ2) is 10.4. The van der Waals surface area contributed by atoms with E-state index < -0.39 is 0 Å². The van der Waals surface area contributed by atoms with Crippen LogP contribution in [0.2, 0.25) is 0 Å². The van der Waals surface area contributed by atoms with Gasteiger partial charge in [0.15, 0.2) is 5.96 Å². The lowest BCUT2D eigenvalue weighted by Gasteiger charge is -2.10. The zero-order chi connectivity index (χ0) is 14.9. The summed E-state index contributed by atoms with van der Waals surface area (Å²) in [5, 5.41) is 8.68. The molecule has 2 rings (SSSR count). The van der Waals surface area contributed by atoms with Gasteiger partial charge in [-0.15, -0.1) is 35.3 Å². The quantitative estimate of drug-likeness (QED) is 0.417. The van der Waals surface area contributed by atoms with E-state index in [1.807, 2.05) is 18.2 Å². The molecule has 0 radical (unpaired) electrons. The molecule has 120 valence electrons. The first-order valence-electron chi connectivity index (χ1n) is 6.99. The van der Waals surface area contributed by atoms with Crippen molar-refractivity contribution in [2.24, 2.45) is 4.99 Å². The molecule has 0 saturated heterocycles. The standard InChI is InChI=1S/C16H21N3OS.HI/c1-3-17-16(19-12-15-8-5-9-21-15)18-11-13-6-4-7-14(10-13)20-2;/h4-10H,3,11-12H2,1-2H3,(H2,17,18,19);1H. The highest BCUT2D eigenvalue weighted by molar-refractivity contribution is 14.0. The Hall–Kier alpha value is -1.28. The van der Waals surface area contributed by atoms with Crippen LogP contribution in [0.5, 0.6) is 5.75 Å². The van der Waals surface area contributed by atoms with Gasteiger partial charge in [0.05, 0.1) is 20.2 Å². The molecule has 1 heterocycles. The Labute approximate surface area is 153 Å². The third-order valence-electron chi connectivity index (χ3n) is 2.91. The third kappa shape index (κ3) is 6.23. The molecule has 0 aliphatic heterocycles. The van der Waals surface area contributed by atoms with Crippen molar-refractivity contribution < 1.29 is 4.74 Å². The SMILES string of the molecule is CCNC(=NCc1cccc(OC)c1)NCc1cccs1.I. The maximum absolute atomic E-state index is 5.23. The predicted octanol–water partition coefficient (Wildman–Crippen LogP) is 3.63. The summed E-state index contributed by atoms with van der Waals surface area (Å²) in [6.07, 6.45) is 0. The Bertz CT molecular complexity index is 573. The fourth-order valence-corrected chi connectivity index (χ4v) is 2.51. The second-order valence-electron chi connectivity index (χ2n) is 4.48. The summed E-state index contributed by atoms with van der Waals surface area (Å²) >= 11 is 1.74. The van der Waals surface area contributed by atoms with E-state index in [0.717, 1.165) is 30.4 Å². The molecule has 4 nitrogen and oxygen atoms in total. The molecule has 0 unspecified atom stereocenters. The molecule has 0 atom stereocenters. The van der Waals surface area contributed by atoms with Gasteiger partial charge in [-0.05, 0) is 36.1 Å². The van der Waals surface area contributed by atoms with E-state index in [9.17, 15) is 0 Å². The lowest BCUT2D eigenvalue weighted by Crippen LogP contribution is -2.36. The van der Waals surface area contributed by atoms with Gasteiger partial charge in [0, 0.05) is 11.4 Å². The highest BCUT2D eigenvalue weighted by Gasteiger charge is 2.00. The predicted molar refractivity (Wildman–Crippen MR) is 104 cm³/mol. The van der Waals surface area contributed by atoms with Crippen LogP contribution in [0.15, 0.2) is 46.8 Å². The van der Waals surface area contributed by atoms with Gasteiger partial charge in [0.2, 0.25) is 0 Å². The molecule has 0 fully saturated rings. The monoisotopic (exact) mass is 431 g/mol. The maximum atomic E-state index is 5.23. The Morgan fingerprint density at radius 1 is 1.23 bits per heavy atom. The number of halogens is 1. The van der Waals surface area contributed by atoms with Crippen LogP contribution in [-0.2, 0) is 13.1 Å². The van der Waals surface area contributed by atoms with Crippen LogP contribution in [0.1, 0.15) is 17.4 Å². The Kier molecular flexibility index (Phi) is 8.91. The van der Waals surface area contributed by atoms with Crippen LogP contribution >= 0.6 is 35.3 Å². The van der Waals surface area contributed by atoms with Crippen LogP contribution < -0.4 is 15.4 Å². The number of thiophene rings is 1. The van der Waals surface area contributed by atoms with Crippen molar-refractivity contribution in [3.63, 3.8) is 0 Å².